The molecule has 0 amide bonds. The number of carbonyl (C=O) groups is 1. The van der Waals surface area contributed by atoms with Crippen molar-refractivity contribution in [1.29, 1.82) is 0 Å². The lowest BCUT2D eigenvalue weighted by Gasteiger charge is -2.20. The van der Waals surface area contributed by atoms with Crippen molar-refractivity contribution in [1.82, 2.24) is 0 Å². The third-order valence-corrected chi connectivity index (χ3v) is 5.79. The Morgan fingerprint density at radius 3 is 2.48 bits per heavy atom. The highest BCUT2D eigenvalue weighted by Gasteiger charge is 2.31. The van der Waals surface area contributed by atoms with Crippen LogP contribution in [0.15, 0.2) is 62.4 Å². The van der Waals surface area contributed by atoms with Crippen molar-refractivity contribution in [2.24, 2.45) is 0 Å². The Balaban J connectivity index is 2.08. The average Bonchev–Trinajstić information content (AvgIpc) is 3.31. The summed E-state index contributed by atoms with van der Waals surface area (Å²) in [7, 11) is 1.24. The minimum Gasteiger partial charge on any atom is -0.504 e. The summed E-state index contributed by atoms with van der Waals surface area (Å²) < 4.78 is 10.8. The number of carbonyl (C=O) groups excluding carboxylic acids is 1. The van der Waals surface area contributed by atoms with E-state index in [2.05, 4.69) is 0 Å². The van der Waals surface area contributed by atoms with Crippen molar-refractivity contribution in [2.75, 3.05) is 7.11 Å². The molecule has 2 aromatic carbocycles. The molecule has 0 saturated heterocycles. The van der Waals surface area contributed by atoms with Gasteiger partial charge >= 0.3 is 5.97 Å². The molecule has 4 rings (SSSR count). The summed E-state index contributed by atoms with van der Waals surface area (Å²) >= 11 is 1.38. The fourth-order valence-corrected chi connectivity index (χ4v) is 4.27. The highest BCUT2D eigenvalue weighted by atomic mass is 32.1. The topological polar surface area (TPSA) is 117 Å². The van der Waals surface area contributed by atoms with Gasteiger partial charge in [-0.25, -0.2) is 0 Å². The number of rotatable bonds is 5. The fraction of sp³-hybridized carbons (Fsp3) is 0.130. The molecule has 0 bridgehead atoms. The first kappa shape index (κ1) is 20.5. The largest absolute Gasteiger partial charge is 0.504 e. The number of hydrogen-bond donors (Lipinski definition) is 3. The Labute approximate surface area is 180 Å². The van der Waals surface area contributed by atoms with Gasteiger partial charge in [-0.05, 0) is 22.4 Å². The summed E-state index contributed by atoms with van der Waals surface area (Å²) in [6.45, 7) is 0. The van der Waals surface area contributed by atoms with Crippen molar-refractivity contribution >= 4 is 28.3 Å². The van der Waals surface area contributed by atoms with Crippen LogP contribution >= 0.6 is 11.3 Å². The van der Waals surface area contributed by atoms with Gasteiger partial charge in [0.15, 0.2) is 16.9 Å². The first-order valence-electron chi connectivity index (χ1n) is 9.31. The average molecular weight is 438 g/mol. The van der Waals surface area contributed by atoms with Gasteiger partial charge in [-0.15, -0.1) is 0 Å². The van der Waals surface area contributed by atoms with E-state index in [4.69, 9.17) is 9.15 Å². The summed E-state index contributed by atoms with van der Waals surface area (Å²) in [6, 6.07) is 11.8. The van der Waals surface area contributed by atoms with Crippen molar-refractivity contribution in [2.45, 2.75) is 12.3 Å². The fourth-order valence-electron chi connectivity index (χ4n) is 3.55. The highest BCUT2D eigenvalue weighted by Crippen LogP contribution is 2.49. The van der Waals surface area contributed by atoms with E-state index in [1.165, 1.54) is 24.5 Å². The number of thiophene rings is 1. The van der Waals surface area contributed by atoms with Crippen LogP contribution in [0.2, 0.25) is 0 Å². The molecule has 0 saturated carbocycles. The molecule has 158 valence electrons. The van der Waals surface area contributed by atoms with Crippen molar-refractivity contribution in [3.05, 3.63) is 74.6 Å². The van der Waals surface area contributed by atoms with Crippen LogP contribution < -0.4 is 5.43 Å². The maximum Gasteiger partial charge on any atom is 0.306 e. The first-order chi connectivity index (χ1) is 14.9. The minimum absolute atomic E-state index is 0.0176. The number of methoxy groups -OCH3 is 1. The van der Waals surface area contributed by atoms with E-state index in [0.717, 1.165) is 0 Å². The molecular formula is C23H18O7S. The summed E-state index contributed by atoms with van der Waals surface area (Å²) in [5.74, 6) is -3.44. The summed E-state index contributed by atoms with van der Waals surface area (Å²) in [5, 5.41) is 34.8. The van der Waals surface area contributed by atoms with Crippen molar-refractivity contribution < 1.29 is 29.3 Å². The molecule has 0 spiro atoms. The van der Waals surface area contributed by atoms with Crippen LogP contribution in [-0.2, 0) is 9.53 Å². The molecule has 0 aliphatic heterocycles. The molecule has 0 aliphatic rings. The van der Waals surface area contributed by atoms with E-state index in [1.54, 1.807) is 41.1 Å². The summed E-state index contributed by atoms with van der Waals surface area (Å²) in [6.07, 6.45) is -0.181. The molecule has 8 heteroatoms. The zero-order chi connectivity index (χ0) is 22.1. The third kappa shape index (κ3) is 3.62. The van der Waals surface area contributed by atoms with Crippen LogP contribution in [0.4, 0.5) is 0 Å². The van der Waals surface area contributed by atoms with Crippen LogP contribution in [0.25, 0.3) is 22.3 Å². The van der Waals surface area contributed by atoms with E-state index in [0.29, 0.717) is 11.1 Å². The SMILES string of the molecule is COC(=O)C[C@H](c1ccsc1)c1c(O)c(O)c(O)c2c(=O)cc(-c3ccccc3)oc12. The second-order valence-electron chi connectivity index (χ2n) is 6.89. The maximum atomic E-state index is 12.9. The molecular weight excluding hydrogens is 420 g/mol. The molecule has 1 atom stereocenters. The molecule has 0 unspecified atom stereocenters. The zero-order valence-corrected chi connectivity index (χ0v) is 17.2. The van der Waals surface area contributed by atoms with Gasteiger partial charge in [0.2, 0.25) is 5.75 Å². The van der Waals surface area contributed by atoms with E-state index < -0.39 is 34.6 Å². The number of esters is 1. The number of benzene rings is 2. The molecule has 0 radical (unpaired) electrons. The van der Waals surface area contributed by atoms with Crippen LogP contribution in [0.1, 0.15) is 23.5 Å². The van der Waals surface area contributed by atoms with Gasteiger partial charge in [0.1, 0.15) is 16.7 Å². The zero-order valence-electron chi connectivity index (χ0n) is 16.4. The number of ether oxygens (including phenoxy) is 1. The second-order valence-corrected chi connectivity index (χ2v) is 7.67. The Hall–Kier alpha value is -3.78. The van der Waals surface area contributed by atoms with Crippen LogP contribution in [0.3, 0.4) is 0 Å². The van der Waals surface area contributed by atoms with E-state index in [1.807, 2.05) is 6.07 Å². The van der Waals surface area contributed by atoms with Crippen LogP contribution in [-0.4, -0.2) is 28.4 Å². The van der Waals surface area contributed by atoms with Gasteiger partial charge in [0.25, 0.3) is 0 Å². The lowest BCUT2D eigenvalue weighted by molar-refractivity contribution is -0.140. The summed E-state index contributed by atoms with van der Waals surface area (Å²) in [4.78, 5) is 25.0. The normalized spacial score (nSPS) is 12.0. The minimum atomic E-state index is -0.854. The van der Waals surface area contributed by atoms with E-state index in [-0.39, 0.29) is 28.7 Å². The molecule has 0 aliphatic carbocycles. The molecule has 7 nitrogen and oxygen atoms in total. The maximum absolute atomic E-state index is 12.9. The Kier molecular flexibility index (Phi) is 5.39. The lowest BCUT2D eigenvalue weighted by atomic mass is 9.87. The van der Waals surface area contributed by atoms with Gasteiger partial charge in [0.05, 0.1) is 13.5 Å². The molecule has 2 heterocycles. The predicted molar refractivity (Wildman–Crippen MR) is 116 cm³/mol. The van der Waals surface area contributed by atoms with E-state index in [9.17, 15) is 24.9 Å². The number of phenols is 3. The first-order valence-corrected chi connectivity index (χ1v) is 10.3. The quantitative estimate of drug-likeness (QED) is 0.313. The smallest absolute Gasteiger partial charge is 0.306 e. The molecule has 0 fully saturated rings. The Morgan fingerprint density at radius 1 is 1.10 bits per heavy atom. The molecule has 3 N–H and O–H groups in total. The standard InChI is InChI=1S/C23H18O7S/c1-29-17(25)9-14(13-7-8-31-11-13)18-20(26)22(28)21(27)19-15(24)10-16(30-23(18)19)12-5-3-2-4-6-12/h2-8,10-11,14,26-28H,9H2,1H3/t14-/m1/s1. The lowest BCUT2D eigenvalue weighted by Crippen LogP contribution is -2.12. The molecule has 2 aromatic heterocycles. The van der Waals surface area contributed by atoms with E-state index >= 15 is 0 Å². The molecule has 31 heavy (non-hydrogen) atoms. The van der Waals surface area contributed by atoms with Gasteiger partial charge in [-0.3, -0.25) is 9.59 Å². The van der Waals surface area contributed by atoms with Crippen molar-refractivity contribution in [3.8, 4) is 28.6 Å². The monoisotopic (exact) mass is 438 g/mol. The molecule has 4 aromatic rings. The predicted octanol–water partition coefficient (Wildman–Crippen LogP) is 4.33. The number of fused-ring (bicyclic) bond motifs is 1. The van der Waals surface area contributed by atoms with Crippen LogP contribution in [0.5, 0.6) is 17.2 Å². The van der Waals surface area contributed by atoms with Gasteiger partial charge in [0, 0.05) is 23.1 Å². The number of aromatic hydroxyl groups is 3. The third-order valence-electron chi connectivity index (χ3n) is 5.08. The highest BCUT2D eigenvalue weighted by molar-refractivity contribution is 7.08. The number of phenolic OH excluding ortho intramolecular Hbond substituents is 3. The number of hydrogen-bond acceptors (Lipinski definition) is 8. The Morgan fingerprint density at radius 2 is 1.84 bits per heavy atom. The second kappa shape index (κ2) is 8.16. The summed E-state index contributed by atoms with van der Waals surface area (Å²) in [5.41, 5.74) is 0.573. The van der Waals surface area contributed by atoms with Gasteiger partial charge < -0.3 is 24.5 Å². The Bertz CT molecular complexity index is 1310. The van der Waals surface area contributed by atoms with Crippen molar-refractivity contribution in [3.63, 3.8) is 0 Å². The van der Waals surface area contributed by atoms with Gasteiger partial charge in [-0.1, -0.05) is 30.3 Å². The van der Waals surface area contributed by atoms with Crippen LogP contribution in [0, 0.1) is 0 Å². The van der Waals surface area contributed by atoms with Gasteiger partial charge in [-0.2, -0.15) is 11.3 Å².